The predicted octanol–water partition coefficient (Wildman–Crippen LogP) is 1.73. The second kappa shape index (κ2) is 5.57. The lowest BCUT2D eigenvalue weighted by molar-refractivity contribution is -0.123. The first-order valence-electron chi connectivity index (χ1n) is 6.07. The number of pyridine rings is 1. The summed E-state index contributed by atoms with van der Waals surface area (Å²) in [5.41, 5.74) is -0.495. The van der Waals surface area contributed by atoms with E-state index in [1.165, 1.54) is 0 Å². The van der Waals surface area contributed by atoms with E-state index in [4.69, 9.17) is 11.6 Å². The highest BCUT2D eigenvalue weighted by molar-refractivity contribution is 7.90. The fraction of sp³-hybridized carbons (Fsp3) is 0.308. The van der Waals surface area contributed by atoms with Gasteiger partial charge in [-0.05, 0) is 12.5 Å². The van der Waals surface area contributed by atoms with Crippen molar-refractivity contribution in [3.05, 3.63) is 28.6 Å². The number of rotatable bonds is 2. The number of hydrogen-bond acceptors (Lipinski definition) is 6. The number of Topliss-reactive ketones (excluding diaryl/α,β-unsaturated/α-hetero) is 2. The smallest absolute Gasteiger partial charge is 0.177 e. The third-order valence-corrected chi connectivity index (χ3v) is 4.44. The van der Waals surface area contributed by atoms with E-state index in [2.05, 4.69) is 4.98 Å². The molecule has 0 atom stereocenters. The normalized spacial score (nSPS) is 16.2. The molecular formula is C13H12ClNO5S. The van der Waals surface area contributed by atoms with Crippen LogP contribution in [0.2, 0.25) is 5.02 Å². The Morgan fingerprint density at radius 2 is 1.86 bits per heavy atom. The van der Waals surface area contributed by atoms with Gasteiger partial charge in [-0.2, -0.15) is 0 Å². The molecule has 0 bridgehead atoms. The van der Waals surface area contributed by atoms with Crippen LogP contribution in [0.5, 0.6) is 0 Å². The third-order valence-electron chi connectivity index (χ3n) is 3.07. The maximum absolute atomic E-state index is 11.8. The van der Waals surface area contributed by atoms with Crippen LogP contribution in [0, 0.1) is 0 Å². The summed E-state index contributed by atoms with van der Waals surface area (Å²) in [4.78, 5) is 27.2. The average Bonchev–Trinajstić information content (AvgIpc) is 2.37. The minimum absolute atomic E-state index is 0.115. The number of halogens is 1. The first kappa shape index (κ1) is 15.7. The Balaban J connectivity index is 2.56. The van der Waals surface area contributed by atoms with Gasteiger partial charge in [-0.15, -0.1) is 0 Å². The molecule has 0 spiro atoms. The Morgan fingerprint density at radius 1 is 1.29 bits per heavy atom. The Kier molecular flexibility index (Phi) is 4.15. The van der Waals surface area contributed by atoms with Crippen LogP contribution in [0.4, 0.5) is 0 Å². The molecule has 1 fully saturated rings. The molecule has 1 N–H and O–H groups in total. The van der Waals surface area contributed by atoms with Crippen LogP contribution < -0.4 is 0 Å². The number of carbonyl (C=O) groups is 2. The zero-order valence-electron chi connectivity index (χ0n) is 11.1. The van der Waals surface area contributed by atoms with Crippen LogP contribution in [0.3, 0.4) is 0 Å². The molecule has 21 heavy (non-hydrogen) atoms. The molecule has 1 aliphatic carbocycles. The highest BCUT2D eigenvalue weighted by Crippen LogP contribution is 2.28. The number of allylic oxidation sites excluding steroid dienone is 1. The van der Waals surface area contributed by atoms with Gasteiger partial charge in [0.25, 0.3) is 0 Å². The number of carbonyl (C=O) groups excluding carboxylic acids is 2. The van der Waals surface area contributed by atoms with Crippen molar-refractivity contribution < 1.29 is 23.1 Å². The van der Waals surface area contributed by atoms with Gasteiger partial charge in [0.05, 0.1) is 9.92 Å². The molecule has 0 saturated heterocycles. The van der Waals surface area contributed by atoms with Crippen molar-refractivity contribution in [2.75, 3.05) is 6.26 Å². The van der Waals surface area contributed by atoms with Crippen molar-refractivity contribution >= 4 is 38.8 Å². The number of sulfone groups is 1. The third kappa shape index (κ3) is 3.14. The molecule has 0 aliphatic heterocycles. The molecule has 1 heterocycles. The zero-order valence-corrected chi connectivity index (χ0v) is 12.7. The van der Waals surface area contributed by atoms with Gasteiger partial charge in [0, 0.05) is 25.3 Å². The fourth-order valence-electron chi connectivity index (χ4n) is 1.99. The molecule has 1 saturated carbocycles. The van der Waals surface area contributed by atoms with Gasteiger partial charge < -0.3 is 5.11 Å². The van der Waals surface area contributed by atoms with Crippen molar-refractivity contribution in [2.24, 2.45) is 0 Å². The van der Waals surface area contributed by atoms with Crippen LogP contribution in [0.15, 0.2) is 22.7 Å². The largest absolute Gasteiger partial charge is 0.505 e. The van der Waals surface area contributed by atoms with E-state index in [0.717, 1.165) is 18.5 Å². The van der Waals surface area contributed by atoms with Crippen molar-refractivity contribution in [1.82, 2.24) is 4.98 Å². The second-order valence-electron chi connectivity index (χ2n) is 4.70. The SMILES string of the molecule is CS(=O)(=O)c1cnc(C(O)=C2C(=O)CCCC2=O)c(Cl)c1. The summed E-state index contributed by atoms with van der Waals surface area (Å²) >= 11 is 5.90. The molecule has 0 radical (unpaired) electrons. The number of aliphatic hydroxyl groups is 1. The highest BCUT2D eigenvalue weighted by Gasteiger charge is 2.29. The van der Waals surface area contributed by atoms with Crippen molar-refractivity contribution in [3.8, 4) is 0 Å². The number of hydrogen-bond donors (Lipinski definition) is 1. The summed E-state index contributed by atoms with van der Waals surface area (Å²) < 4.78 is 22.8. The quantitative estimate of drug-likeness (QED) is 0.503. The fourth-order valence-corrected chi connectivity index (χ4v) is 2.89. The van der Waals surface area contributed by atoms with E-state index < -0.39 is 27.2 Å². The van der Waals surface area contributed by atoms with E-state index in [-0.39, 0.29) is 34.0 Å². The molecule has 6 nitrogen and oxygen atoms in total. The van der Waals surface area contributed by atoms with Crippen LogP contribution in [0.25, 0.3) is 5.76 Å². The molecule has 0 amide bonds. The van der Waals surface area contributed by atoms with E-state index in [1.807, 2.05) is 0 Å². The lowest BCUT2D eigenvalue weighted by atomic mass is 9.90. The van der Waals surface area contributed by atoms with Crippen LogP contribution >= 0.6 is 11.6 Å². The molecule has 0 aromatic carbocycles. The van der Waals surface area contributed by atoms with Gasteiger partial charge in [-0.3, -0.25) is 14.6 Å². The molecular weight excluding hydrogens is 318 g/mol. The van der Waals surface area contributed by atoms with Gasteiger partial charge >= 0.3 is 0 Å². The molecule has 112 valence electrons. The Labute approximate surface area is 126 Å². The van der Waals surface area contributed by atoms with E-state index in [0.29, 0.717) is 6.42 Å². The van der Waals surface area contributed by atoms with Gasteiger partial charge in [-0.1, -0.05) is 11.6 Å². The van der Waals surface area contributed by atoms with Gasteiger partial charge in [0.1, 0.15) is 11.3 Å². The molecule has 1 aromatic heterocycles. The Hall–Kier alpha value is -1.73. The van der Waals surface area contributed by atoms with Gasteiger partial charge in [0.2, 0.25) is 0 Å². The summed E-state index contributed by atoms with van der Waals surface area (Å²) in [6.07, 6.45) is 2.80. The van der Waals surface area contributed by atoms with Crippen LogP contribution in [0.1, 0.15) is 25.0 Å². The monoisotopic (exact) mass is 329 g/mol. The van der Waals surface area contributed by atoms with Crippen molar-refractivity contribution in [1.29, 1.82) is 0 Å². The summed E-state index contributed by atoms with van der Waals surface area (Å²) in [6, 6.07) is 1.12. The standard InChI is InChI=1S/C13H12ClNO5S/c1-21(19,20)7-5-8(14)12(15-6-7)13(18)11-9(16)3-2-4-10(11)17/h5-6,18H,2-4H2,1H3. The molecule has 8 heteroatoms. The number of nitrogens with zero attached hydrogens (tertiary/aromatic N) is 1. The Morgan fingerprint density at radius 3 is 2.33 bits per heavy atom. The van der Waals surface area contributed by atoms with Crippen molar-refractivity contribution in [2.45, 2.75) is 24.2 Å². The minimum atomic E-state index is -3.49. The highest BCUT2D eigenvalue weighted by atomic mass is 35.5. The predicted molar refractivity (Wildman–Crippen MR) is 75.8 cm³/mol. The van der Waals surface area contributed by atoms with E-state index in [1.54, 1.807) is 0 Å². The zero-order chi connectivity index (χ0) is 15.8. The number of aliphatic hydroxyl groups excluding tert-OH is 1. The molecule has 1 aromatic rings. The van der Waals surface area contributed by atoms with Crippen LogP contribution in [-0.2, 0) is 19.4 Å². The van der Waals surface area contributed by atoms with Gasteiger partial charge in [0.15, 0.2) is 27.2 Å². The van der Waals surface area contributed by atoms with Crippen molar-refractivity contribution in [3.63, 3.8) is 0 Å². The van der Waals surface area contributed by atoms with Gasteiger partial charge in [-0.25, -0.2) is 8.42 Å². The number of aromatic nitrogens is 1. The Bertz CT molecular complexity index is 749. The average molecular weight is 330 g/mol. The first-order valence-corrected chi connectivity index (χ1v) is 8.34. The summed E-state index contributed by atoms with van der Waals surface area (Å²) in [6.45, 7) is 0. The maximum atomic E-state index is 11.8. The van der Waals surface area contributed by atoms with E-state index in [9.17, 15) is 23.1 Å². The maximum Gasteiger partial charge on any atom is 0.177 e. The summed E-state index contributed by atoms with van der Waals surface area (Å²) in [5, 5.41) is 9.96. The molecule has 1 aliphatic rings. The lowest BCUT2D eigenvalue weighted by Crippen LogP contribution is -2.20. The molecule has 0 unspecified atom stereocenters. The second-order valence-corrected chi connectivity index (χ2v) is 7.12. The van der Waals surface area contributed by atoms with Crippen LogP contribution in [-0.4, -0.2) is 36.3 Å². The lowest BCUT2D eigenvalue weighted by Gasteiger charge is -2.14. The topological polar surface area (TPSA) is 101 Å². The number of ketones is 2. The minimum Gasteiger partial charge on any atom is -0.505 e. The van der Waals surface area contributed by atoms with E-state index >= 15 is 0 Å². The summed E-state index contributed by atoms with van der Waals surface area (Å²) in [7, 11) is -3.49. The first-order chi connectivity index (χ1) is 9.71. The molecule has 2 rings (SSSR count). The summed E-state index contributed by atoms with van der Waals surface area (Å²) in [5.74, 6) is -1.53.